The molecule has 0 aromatic heterocycles. The average Bonchev–Trinajstić information content (AvgIpc) is 2.69. The first-order valence-electron chi connectivity index (χ1n) is 9.63. The van der Waals surface area contributed by atoms with Gasteiger partial charge in [-0.05, 0) is 74.9 Å². The molecule has 0 heterocycles. The highest BCUT2D eigenvalue weighted by Crippen LogP contribution is 2.23. The van der Waals surface area contributed by atoms with Crippen molar-refractivity contribution < 1.29 is 14.3 Å². The van der Waals surface area contributed by atoms with E-state index in [1.807, 2.05) is 32.0 Å². The molecule has 0 saturated carbocycles. The second-order valence-corrected chi connectivity index (χ2v) is 8.08. The Morgan fingerprint density at radius 3 is 2.13 bits per heavy atom. The SMILES string of the molecule is Cc1ccc(NC(=O)c2ccc(OC(C)C(=O)Nc3cc(Cl)cc(Cl)c3)cc2)c(C)c1. The lowest BCUT2D eigenvalue weighted by atomic mass is 10.1. The third kappa shape index (κ3) is 6.23. The van der Waals surface area contributed by atoms with Crippen molar-refractivity contribution in [1.29, 1.82) is 0 Å². The molecule has 3 aromatic carbocycles. The summed E-state index contributed by atoms with van der Waals surface area (Å²) in [6, 6.07) is 17.2. The first kappa shape index (κ1) is 22.7. The molecule has 3 aromatic rings. The highest BCUT2D eigenvalue weighted by atomic mass is 35.5. The van der Waals surface area contributed by atoms with E-state index in [2.05, 4.69) is 10.6 Å². The van der Waals surface area contributed by atoms with E-state index in [1.165, 1.54) is 0 Å². The average molecular weight is 457 g/mol. The van der Waals surface area contributed by atoms with Crippen LogP contribution in [-0.2, 0) is 4.79 Å². The summed E-state index contributed by atoms with van der Waals surface area (Å²) in [7, 11) is 0. The van der Waals surface area contributed by atoms with Gasteiger partial charge < -0.3 is 15.4 Å². The van der Waals surface area contributed by atoms with Gasteiger partial charge in [0.1, 0.15) is 5.75 Å². The molecule has 0 fully saturated rings. The zero-order chi connectivity index (χ0) is 22.5. The van der Waals surface area contributed by atoms with Gasteiger partial charge >= 0.3 is 0 Å². The number of carbonyl (C=O) groups excluding carboxylic acids is 2. The van der Waals surface area contributed by atoms with Crippen LogP contribution in [0.2, 0.25) is 10.0 Å². The molecule has 160 valence electrons. The maximum Gasteiger partial charge on any atom is 0.265 e. The van der Waals surface area contributed by atoms with Gasteiger partial charge in [0.25, 0.3) is 11.8 Å². The maximum absolute atomic E-state index is 12.5. The van der Waals surface area contributed by atoms with E-state index in [1.54, 1.807) is 49.4 Å². The Morgan fingerprint density at radius 1 is 0.871 bits per heavy atom. The maximum atomic E-state index is 12.5. The molecule has 2 amide bonds. The number of nitrogens with one attached hydrogen (secondary N) is 2. The van der Waals surface area contributed by atoms with Crippen LogP contribution in [0.4, 0.5) is 11.4 Å². The monoisotopic (exact) mass is 456 g/mol. The van der Waals surface area contributed by atoms with Crippen LogP contribution in [0.1, 0.15) is 28.4 Å². The van der Waals surface area contributed by atoms with E-state index >= 15 is 0 Å². The van der Waals surface area contributed by atoms with Crippen molar-refractivity contribution in [2.75, 3.05) is 10.6 Å². The van der Waals surface area contributed by atoms with Crippen molar-refractivity contribution in [2.45, 2.75) is 26.9 Å². The van der Waals surface area contributed by atoms with Crippen molar-refractivity contribution in [2.24, 2.45) is 0 Å². The molecule has 7 heteroatoms. The molecule has 1 atom stereocenters. The quantitative estimate of drug-likeness (QED) is 0.459. The molecule has 0 aliphatic carbocycles. The van der Waals surface area contributed by atoms with Gasteiger partial charge in [0.15, 0.2) is 6.10 Å². The Kier molecular flexibility index (Phi) is 7.21. The van der Waals surface area contributed by atoms with Crippen molar-refractivity contribution in [3.05, 3.63) is 87.4 Å². The van der Waals surface area contributed by atoms with Gasteiger partial charge in [-0.25, -0.2) is 0 Å². The predicted octanol–water partition coefficient (Wildman–Crippen LogP) is 6.27. The van der Waals surface area contributed by atoms with Gasteiger partial charge in [0.2, 0.25) is 0 Å². The third-order valence-corrected chi connectivity index (χ3v) is 5.00. The molecule has 2 N–H and O–H groups in total. The summed E-state index contributed by atoms with van der Waals surface area (Å²) in [6.45, 7) is 5.58. The van der Waals surface area contributed by atoms with E-state index in [0.717, 1.165) is 16.8 Å². The van der Waals surface area contributed by atoms with Crippen LogP contribution in [0.15, 0.2) is 60.7 Å². The molecule has 1 unspecified atom stereocenters. The summed E-state index contributed by atoms with van der Waals surface area (Å²) in [6.07, 6.45) is -0.771. The second kappa shape index (κ2) is 9.86. The van der Waals surface area contributed by atoms with Crippen molar-refractivity contribution in [1.82, 2.24) is 0 Å². The molecule has 0 saturated heterocycles. The minimum absolute atomic E-state index is 0.220. The molecule has 0 aliphatic rings. The van der Waals surface area contributed by atoms with Gasteiger partial charge in [-0.1, -0.05) is 40.9 Å². The number of ether oxygens (including phenoxy) is 1. The number of carbonyl (C=O) groups is 2. The summed E-state index contributed by atoms with van der Waals surface area (Å²) < 4.78 is 5.68. The van der Waals surface area contributed by atoms with Crippen LogP contribution >= 0.6 is 23.2 Å². The van der Waals surface area contributed by atoms with Gasteiger partial charge in [0.05, 0.1) is 0 Å². The highest BCUT2D eigenvalue weighted by Gasteiger charge is 2.16. The molecular formula is C24H22Cl2N2O3. The normalized spacial score (nSPS) is 11.5. The largest absolute Gasteiger partial charge is 0.481 e. The fourth-order valence-electron chi connectivity index (χ4n) is 2.96. The third-order valence-electron chi connectivity index (χ3n) is 4.56. The van der Waals surface area contributed by atoms with Gasteiger partial charge in [-0.3, -0.25) is 9.59 Å². The molecular weight excluding hydrogens is 435 g/mol. The molecule has 5 nitrogen and oxygen atoms in total. The smallest absolute Gasteiger partial charge is 0.265 e. The number of benzene rings is 3. The number of aryl methyl sites for hydroxylation is 2. The van der Waals surface area contributed by atoms with Crippen LogP contribution in [0, 0.1) is 13.8 Å². The lowest BCUT2D eigenvalue weighted by Gasteiger charge is -2.15. The zero-order valence-electron chi connectivity index (χ0n) is 17.3. The van der Waals surface area contributed by atoms with Gasteiger partial charge in [-0.15, -0.1) is 0 Å². The standard InChI is InChI=1S/C24H22Cl2N2O3/c1-14-4-9-22(15(2)10-14)28-24(30)17-5-7-21(8-6-17)31-16(3)23(29)27-20-12-18(25)11-19(26)13-20/h4-13,16H,1-3H3,(H,27,29)(H,28,30). The molecule has 0 radical (unpaired) electrons. The van der Waals surface area contributed by atoms with E-state index in [9.17, 15) is 9.59 Å². The van der Waals surface area contributed by atoms with Crippen molar-refractivity contribution in [3.8, 4) is 5.75 Å². The Balaban J connectivity index is 1.60. The molecule has 0 bridgehead atoms. The number of amides is 2. The van der Waals surface area contributed by atoms with Crippen LogP contribution in [0.5, 0.6) is 5.75 Å². The van der Waals surface area contributed by atoms with Crippen molar-refractivity contribution in [3.63, 3.8) is 0 Å². The lowest BCUT2D eigenvalue weighted by molar-refractivity contribution is -0.122. The van der Waals surface area contributed by atoms with E-state index < -0.39 is 6.10 Å². The summed E-state index contributed by atoms with van der Waals surface area (Å²) >= 11 is 11.9. The second-order valence-electron chi connectivity index (χ2n) is 7.20. The molecule has 31 heavy (non-hydrogen) atoms. The number of hydrogen-bond donors (Lipinski definition) is 2. The Labute approximate surface area is 191 Å². The fraction of sp³-hybridized carbons (Fsp3) is 0.167. The van der Waals surface area contributed by atoms with Crippen LogP contribution in [-0.4, -0.2) is 17.9 Å². The predicted molar refractivity (Wildman–Crippen MR) is 125 cm³/mol. The van der Waals surface area contributed by atoms with Crippen LogP contribution in [0.3, 0.4) is 0 Å². The van der Waals surface area contributed by atoms with Gasteiger partial charge in [-0.2, -0.15) is 0 Å². The molecule has 3 rings (SSSR count). The highest BCUT2D eigenvalue weighted by molar-refractivity contribution is 6.35. The molecule has 0 aliphatic heterocycles. The number of rotatable bonds is 6. The molecule has 0 spiro atoms. The zero-order valence-corrected chi connectivity index (χ0v) is 18.8. The number of halogens is 2. The Morgan fingerprint density at radius 2 is 1.52 bits per heavy atom. The first-order valence-corrected chi connectivity index (χ1v) is 10.4. The first-order chi connectivity index (χ1) is 14.7. The summed E-state index contributed by atoms with van der Waals surface area (Å²) in [4.78, 5) is 24.9. The number of anilines is 2. The van der Waals surface area contributed by atoms with Crippen LogP contribution in [0.25, 0.3) is 0 Å². The minimum atomic E-state index is -0.771. The van der Waals surface area contributed by atoms with Crippen LogP contribution < -0.4 is 15.4 Å². The van der Waals surface area contributed by atoms with Crippen molar-refractivity contribution >= 4 is 46.4 Å². The summed E-state index contributed by atoms with van der Waals surface area (Å²) in [5, 5.41) is 6.46. The van der Waals surface area contributed by atoms with E-state index in [-0.39, 0.29) is 11.8 Å². The minimum Gasteiger partial charge on any atom is -0.481 e. The number of hydrogen-bond acceptors (Lipinski definition) is 3. The topological polar surface area (TPSA) is 67.4 Å². The van der Waals surface area contributed by atoms with E-state index in [0.29, 0.717) is 27.0 Å². The summed E-state index contributed by atoms with van der Waals surface area (Å²) in [5.41, 5.74) is 3.86. The van der Waals surface area contributed by atoms with E-state index in [4.69, 9.17) is 27.9 Å². The fourth-order valence-corrected chi connectivity index (χ4v) is 3.49. The summed E-state index contributed by atoms with van der Waals surface area (Å²) in [5.74, 6) is -0.105. The van der Waals surface area contributed by atoms with Gasteiger partial charge in [0, 0.05) is 27.0 Å². The Bertz CT molecular complexity index is 1090. The Hall–Kier alpha value is -3.02. The lowest BCUT2D eigenvalue weighted by Crippen LogP contribution is -2.30.